The molecular weight excluding hydrogens is 496 g/mol. The van der Waals surface area contributed by atoms with Crippen molar-refractivity contribution in [2.24, 2.45) is 0 Å². The predicted molar refractivity (Wildman–Crippen MR) is 170 cm³/mol. The molecule has 0 radical (unpaired) electrons. The minimum absolute atomic E-state index is 0.100. The highest BCUT2D eigenvalue weighted by Crippen LogP contribution is 2.44. The molecular formula is C40H30O. The Labute approximate surface area is 241 Å². The van der Waals surface area contributed by atoms with Gasteiger partial charge in [0.15, 0.2) is 5.78 Å². The second kappa shape index (κ2) is 9.87. The van der Waals surface area contributed by atoms with Crippen LogP contribution in [0.2, 0.25) is 0 Å². The van der Waals surface area contributed by atoms with Crippen LogP contribution in [0, 0.1) is 0 Å². The fourth-order valence-electron chi connectivity index (χ4n) is 6.16. The van der Waals surface area contributed by atoms with Crippen molar-refractivity contribution in [3.63, 3.8) is 0 Å². The van der Waals surface area contributed by atoms with Crippen molar-refractivity contribution < 1.29 is 4.79 Å². The standard InChI is InChI=1S/C40H30O/c1-40(2)37-24-22-33(31-17-13-29(14-18-31)27-9-5-3-6-10-27)25-36(37)39(41)35-23-21-34(26-38(35)40)32-19-15-30(16-20-32)28-11-7-4-8-12-28/h3-26H,1-2H3. The van der Waals surface area contributed by atoms with Crippen LogP contribution in [-0.2, 0) is 5.41 Å². The Balaban J connectivity index is 1.21. The third kappa shape index (κ3) is 4.40. The number of fused-ring (bicyclic) bond motifs is 2. The van der Waals surface area contributed by atoms with Crippen molar-refractivity contribution in [2.75, 3.05) is 0 Å². The van der Waals surface area contributed by atoms with Crippen LogP contribution >= 0.6 is 0 Å². The molecule has 0 spiro atoms. The lowest BCUT2D eigenvalue weighted by Crippen LogP contribution is -2.30. The van der Waals surface area contributed by atoms with Gasteiger partial charge in [0.2, 0.25) is 0 Å². The van der Waals surface area contributed by atoms with E-state index in [2.05, 4.69) is 141 Å². The van der Waals surface area contributed by atoms with E-state index >= 15 is 0 Å². The third-order valence-corrected chi connectivity index (χ3v) is 8.53. The maximum absolute atomic E-state index is 13.9. The van der Waals surface area contributed by atoms with Crippen molar-refractivity contribution in [3.05, 3.63) is 168 Å². The van der Waals surface area contributed by atoms with Crippen molar-refractivity contribution in [1.29, 1.82) is 0 Å². The molecule has 1 aliphatic carbocycles. The Morgan fingerprint density at radius 2 is 0.756 bits per heavy atom. The fourth-order valence-corrected chi connectivity index (χ4v) is 6.16. The molecule has 0 bridgehead atoms. The van der Waals surface area contributed by atoms with Gasteiger partial charge in [-0.2, -0.15) is 0 Å². The molecule has 6 aromatic carbocycles. The highest BCUT2D eigenvalue weighted by atomic mass is 16.1. The number of benzene rings is 6. The van der Waals surface area contributed by atoms with Gasteiger partial charge in [-0.3, -0.25) is 4.79 Å². The van der Waals surface area contributed by atoms with Crippen LogP contribution in [0.25, 0.3) is 44.5 Å². The average Bonchev–Trinajstić information content (AvgIpc) is 3.04. The molecule has 1 aliphatic rings. The molecule has 0 unspecified atom stereocenters. The zero-order valence-corrected chi connectivity index (χ0v) is 23.3. The SMILES string of the molecule is CC1(C)c2ccc(-c3ccc(-c4ccccc4)cc3)cc2C(=O)c2ccc(-c3ccc(-c4ccccc4)cc3)cc21. The van der Waals surface area contributed by atoms with E-state index in [1.165, 1.54) is 22.3 Å². The van der Waals surface area contributed by atoms with E-state index in [0.717, 1.165) is 44.5 Å². The smallest absolute Gasteiger partial charge is 0.193 e. The maximum Gasteiger partial charge on any atom is 0.193 e. The lowest BCUT2D eigenvalue weighted by molar-refractivity contribution is 0.103. The monoisotopic (exact) mass is 526 g/mol. The molecule has 0 amide bonds. The lowest BCUT2D eigenvalue weighted by atomic mass is 9.67. The molecule has 0 fully saturated rings. The Kier molecular flexibility index (Phi) is 6.02. The summed E-state index contributed by atoms with van der Waals surface area (Å²) in [5.41, 5.74) is 12.7. The second-order valence-electron chi connectivity index (χ2n) is 11.4. The molecule has 1 heteroatoms. The van der Waals surface area contributed by atoms with Crippen LogP contribution in [0.1, 0.15) is 40.9 Å². The second-order valence-corrected chi connectivity index (χ2v) is 11.4. The predicted octanol–water partition coefficient (Wildman–Crippen LogP) is 10.2. The summed E-state index contributed by atoms with van der Waals surface area (Å²) < 4.78 is 0. The summed E-state index contributed by atoms with van der Waals surface area (Å²) in [6.07, 6.45) is 0. The van der Waals surface area contributed by atoms with Crippen molar-refractivity contribution >= 4 is 5.78 Å². The first-order valence-corrected chi connectivity index (χ1v) is 14.1. The van der Waals surface area contributed by atoms with Crippen LogP contribution in [0.3, 0.4) is 0 Å². The Hall–Kier alpha value is -5.01. The van der Waals surface area contributed by atoms with Gasteiger partial charge in [-0.05, 0) is 67.8 Å². The number of carbonyl (C=O) groups is 1. The first-order chi connectivity index (χ1) is 20.0. The first kappa shape index (κ1) is 25.0. The van der Waals surface area contributed by atoms with Gasteiger partial charge in [0.1, 0.15) is 0 Å². The molecule has 0 aliphatic heterocycles. The zero-order valence-electron chi connectivity index (χ0n) is 23.3. The number of hydrogen-bond acceptors (Lipinski definition) is 1. The normalized spacial score (nSPS) is 13.4. The molecule has 1 nitrogen and oxygen atoms in total. The van der Waals surface area contributed by atoms with E-state index in [1.54, 1.807) is 0 Å². The third-order valence-electron chi connectivity index (χ3n) is 8.53. The molecule has 196 valence electrons. The van der Waals surface area contributed by atoms with E-state index in [1.807, 2.05) is 18.2 Å². The number of carbonyl (C=O) groups excluding carboxylic acids is 1. The molecule has 0 aromatic heterocycles. The summed E-state index contributed by atoms with van der Waals surface area (Å²) in [7, 11) is 0. The number of hydrogen-bond donors (Lipinski definition) is 0. The van der Waals surface area contributed by atoms with E-state index in [4.69, 9.17) is 0 Å². The summed E-state index contributed by atoms with van der Waals surface area (Å²) in [5.74, 6) is 0.100. The van der Waals surface area contributed by atoms with Gasteiger partial charge in [-0.1, -0.05) is 147 Å². The summed E-state index contributed by atoms with van der Waals surface area (Å²) in [6.45, 7) is 4.46. The van der Waals surface area contributed by atoms with Crippen molar-refractivity contribution in [2.45, 2.75) is 19.3 Å². The van der Waals surface area contributed by atoms with Gasteiger partial charge in [-0.25, -0.2) is 0 Å². The molecule has 6 aromatic rings. The van der Waals surface area contributed by atoms with Crippen LogP contribution in [0.4, 0.5) is 0 Å². The molecule has 0 saturated carbocycles. The van der Waals surface area contributed by atoms with Crippen molar-refractivity contribution in [3.8, 4) is 44.5 Å². The van der Waals surface area contributed by atoms with E-state index in [0.29, 0.717) is 0 Å². The van der Waals surface area contributed by atoms with Gasteiger partial charge in [0.25, 0.3) is 0 Å². The lowest BCUT2D eigenvalue weighted by Gasteiger charge is -2.35. The summed E-state index contributed by atoms with van der Waals surface area (Å²) >= 11 is 0. The minimum Gasteiger partial charge on any atom is -0.289 e. The van der Waals surface area contributed by atoms with Gasteiger partial charge in [0, 0.05) is 16.5 Å². The van der Waals surface area contributed by atoms with Crippen LogP contribution < -0.4 is 0 Å². The van der Waals surface area contributed by atoms with Crippen molar-refractivity contribution in [1.82, 2.24) is 0 Å². The maximum atomic E-state index is 13.9. The quantitative estimate of drug-likeness (QED) is 0.223. The molecule has 7 rings (SSSR count). The Bertz CT molecular complexity index is 1880. The van der Waals surface area contributed by atoms with Gasteiger partial charge >= 0.3 is 0 Å². The molecule has 0 heterocycles. The highest BCUT2D eigenvalue weighted by Gasteiger charge is 2.37. The topological polar surface area (TPSA) is 17.1 Å². The summed E-state index contributed by atoms with van der Waals surface area (Å²) in [4.78, 5) is 13.9. The van der Waals surface area contributed by atoms with E-state index in [-0.39, 0.29) is 11.2 Å². The van der Waals surface area contributed by atoms with E-state index < -0.39 is 0 Å². The molecule has 0 atom stereocenters. The highest BCUT2D eigenvalue weighted by molar-refractivity contribution is 6.14. The molecule has 41 heavy (non-hydrogen) atoms. The van der Waals surface area contributed by atoms with Crippen LogP contribution in [0.5, 0.6) is 0 Å². The minimum atomic E-state index is -0.297. The first-order valence-electron chi connectivity index (χ1n) is 14.1. The number of rotatable bonds is 4. The van der Waals surface area contributed by atoms with Crippen LogP contribution in [-0.4, -0.2) is 5.78 Å². The fraction of sp³-hybridized carbons (Fsp3) is 0.0750. The molecule has 0 N–H and O–H groups in total. The summed E-state index contributed by atoms with van der Waals surface area (Å²) in [6, 6.07) is 50.8. The Morgan fingerprint density at radius 1 is 0.366 bits per heavy atom. The van der Waals surface area contributed by atoms with E-state index in [9.17, 15) is 4.79 Å². The average molecular weight is 527 g/mol. The largest absolute Gasteiger partial charge is 0.289 e. The Morgan fingerprint density at radius 3 is 1.27 bits per heavy atom. The zero-order chi connectivity index (χ0) is 28.0. The van der Waals surface area contributed by atoms with Crippen LogP contribution in [0.15, 0.2) is 146 Å². The van der Waals surface area contributed by atoms with Gasteiger partial charge in [0.05, 0.1) is 0 Å². The van der Waals surface area contributed by atoms with Gasteiger partial charge < -0.3 is 0 Å². The number of ketones is 1. The summed E-state index contributed by atoms with van der Waals surface area (Å²) in [5, 5.41) is 0. The molecule has 0 saturated heterocycles. The van der Waals surface area contributed by atoms with Gasteiger partial charge in [-0.15, -0.1) is 0 Å².